The van der Waals surface area contributed by atoms with Gasteiger partial charge >= 0.3 is 17.9 Å². The van der Waals surface area contributed by atoms with Crippen molar-refractivity contribution >= 4 is 17.9 Å². The van der Waals surface area contributed by atoms with Crippen molar-refractivity contribution in [3.8, 4) is 0 Å². The smallest absolute Gasteiger partial charge is 0.306 e. The van der Waals surface area contributed by atoms with Crippen molar-refractivity contribution in [2.75, 3.05) is 13.2 Å². The first-order valence-corrected chi connectivity index (χ1v) is 28.1. The molecule has 0 aromatic heterocycles. The maximum Gasteiger partial charge on any atom is 0.306 e. The number of esters is 3. The Morgan fingerprint density at radius 1 is 0.313 bits per heavy atom. The van der Waals surface area contributed by atoms with Gasteiger partial charge in [0.1, 0.15) is 13.2 Å². The Morgan fingerprint density at radius 2 is 0.582 bits per heavy atom. The molecule has 384 valence electrons. The first kappa shape index (κ1) is 63.6. The van der Waals surface area contributed by atoms with Crippen LogP contribution in [0.4, 0.5) is 0 Å². The monoisotopic (exact) mass is 933 g/mol. The molecular weight excluding hydrogens is 829 g/mol. The Labute approximate surface area is 414 Å². The first-order valence-electron chi connectivity index (χ1n) is 28.1. The highest BCUT2D eigenvalue weighted by atomic mass is 16.6. The van der Waals surface area contributed by atoms with E-state index in [1.807, 2.05) is 0 Å². The molecular formula is C61H104O6. The number of hydrogen-bond donors (Lipinski definition) is 0. The topological polar surface area (TPSA) is 78.9 Å². The molecule has 0 aliphatic carbocycles. The van der Waals surface area contributed by atoms with Gasteiger partial charge in [-0.1, -0.05) is 234 Å². The number of carbonyl (C=O) groups excluding carboxylic acids is 3. The molecule has 0 aromatic carbocycles. The third kappa shape index (κ3) is 53.4. The van der Waals surface area contributed by atoms with Gasteiger partial charge in [-0.2, -0.15) is 0 Å². The number of ether oxygens (including phenoxy) is 3. The lowest BCUT2D eigenvalue weighted by Crippen LogP contribution is -2.30. The lowest BCUT2D eigenvalue weighted by molar-refractivity contribution is -0.167. The van der Waals surface area contributed by atoms with Gasteiger partial charge in [0.2, 0.25) is 0 Å². The third-order valence-corrected chi connectivity index (χ3v) is 11.9. The lowest BCUT2D eigenvalue weighted by Gasteiger charge is -2.18. The number of carbonyl (C=O) groups is 3. The molecule has 0 aliphatic rings. The largest absolute Gasteiger partial charge is 0.462 e. The van der Waals surface area contributed by atoms with E-state index in [2.05, 4.69) is 106 Å². The van der Waals surface area contributed by atoms with E-state index in [1.54, 1.807) is 0 Å². The second kappa shape index (κ2) is 55.2. The van der Waals surface area contributed by atoms with Gasteiger partial charge in [-0.3, -0.25) is 14.4 Å². The first-order chi connectivity index (χ1) is 33.0. The van der Waals surface area contributed by atoms with Crippen LogP contribution in [-0.2, 0) is 28.6 Å². The molecule has 0 radical (unpaired) electrons. The summed E-state index contributed by atoms with van der Waals surface area (Å²) in [5, 5.41) is 0. The fourth-order valence-electron chi connectivity index (χ4n) is 7.68. The van der Waals surface area contributed by atoms with Crippen molar-refractivity contribution in [2.24, 2.45) is 0 Å². The van der Waals surface area contributed by atoms with Gasteiger partial charge in [0, 0.05) is 19.3 Å². The summed E-state index contributed by atoms with van der Waals surface area (Å²) in [6.07, 6.45) is 71.8. The van der Waals surface area contributed by atoms with Crippen LogP contribution in [-0.4, -0.2) is 37.2 Å². The molecule has 0 bridgehead atoms. The summed E-state index contributed by atoms with van der Waals surface area (Å²) >= 11 is 0. The summed E-state index contributed by atoms with van der Waals surface area (Å²) in [6.45, 7) is 6.43. The molecule has 0 rings (SSSR count). The van der Waals surface area contributed by atoms with Gasteiger partial charge < -0.3 is 14.2 Å². The van der Waals surface area contributed by atoms with Gasteiger partial charge in [0.05, 0.1) is 0 Å². The lowest BCUT2D eigenvalue weighted by atomic mass is 10.1. The van der Waals surface area contributed by atoms with Crippen molar-refractivity contribution in [3.63, 3.8) is 0 Å². The Hall–Kier alpha value is -3.41. The highest BCUT2D eigenvalue weighted by Crippen LogP contribution is 2.15. The molecule has 67 heavy (non-hydrogen) atoms. The molecule has 0 fully saturated rings. The third-order valence-electron chi connectivity index (χ3n) is 11.9. The Kier molecular flexibility index (Phi) is 52.4. The standard InChI is InChI=1S/C61H104O6/c1-4-7-10-13-15-17-19-21-23-25-27-29-30-32-33-35-37-39-41-43-45-48-51-54-60(63)66-57-58(56-65-59(62)53-50-47-12-9-6-3)67-61(64)55-52-49-46-44-42-40-38-36-34-31-28-26-24-22-20-18-16-14-11-8-5-2/h8,11,16,18-19,21-22,24-25,27-28,30-32,58H,4-7,9-10,12-15,17,20,23,26,29,33-57H2,1-3H3/b11-8-,18-16-,21-19-,24-22-,27-25-,31-28-,32-30-. The molecule has 0 N–H and O–H groups in total. The van der Waals surface area contributed by atoms with Crippen molar-refractivity contribution in [1.29, 1.82) is 0 Å². The molecule has 0 amide bonds. The highest BCUT2D eigenvalue weighted by Gasteiger charge is 2.19. The van der Waals surface area contributed by atoms with Crippen LogP contribution in [0.2, 0.25) is 0 Å². The van der Waals surface area contributed by atoms with Crippen LogP contribution in [0.3, 0.4) is 0 Å². The maximum absolute atomic E-state index is 12.8. The zero-order valence-electron chi connectivity index (χ0n) is 43.9. The molecule has 1 atom stereocenters. The Bertz CT molecular complexity index is 1300. The summed E-state index contributed by atoms with van der Waals surface area (Å²) in [7, 11) is 0. The van der Waals surface area contributed by atoms with Crippen LogP contribution in [0.15, 0.2) is 85.1 Å². The molecule has 0 aromatic rings. The Morgan fingerprint density at radius 3 is 0.910 bits per heavy atom. The zero-order chi connectivity index (χ0) is 48.6. The number of rotatable bonds is 50. The number of allylic oxidation sites excluding steroid dienone is 14. The minimum absolute atomic E-state index is 0.0832. The highest BCUT2D eigenvalue weighted by molar-refractivity contribution is 5.71. The van der Waals surface area contributed by atoms with E-state index >= 15 is 0 Å². The van der Waals surface area contributed by atoms with E-state index in [0.717, 1.165) is 116 Å². The van der Waals surface area contributed by atoms with Crippen LogP contribution >= 0.6 is 0 Å². The molecule has 0 saturated heterocycles. The molecule has 1 unspecified atom stereocenters. The zero-order valence-corrected chi connectivity index (χ0v) is 43.9. The summed E-state index contributed by atoms with van der Waals surface area (Å²) in [6, 6.07) is 0. The normalized spacial score (nSPS) is 12.7. The average molecular weight is 933 g/mol. The molecule has 0 aliphatic heterocycles. The minimum Gasteiger partial charge on any atom is -0.462 e. The molecule has 6 nitrogen and oxygen atoms in total. The van der Waals surface area contributed by atoms with Crippen LogP contribution in [0.1, 0.15) is 265 Å². The minimum atomic E-state index is -0.781. The van der Waals surface area contributed by atoms with Crippen molar-refractivity contribution in [3.05, 3.63) is 85.1 Å². The maximum atomic E-state index is 12.8. The van der Waals surface area contributed by atoms with Crippen molar-refractivity contribution in [2.45, 2.75) is 271 Å². The summed E-state index contributed by atoms with van der Waals surface area (Å²) in [5.41, 5.74) is 0. The summed E-state index contributed by atoms with van der Waals surface area (Å²) in [5.74, 6) is -0.910. The van der Waals surface area contributed by atoms with Crippen LogP contribution < -0.4 is 0 Å². The van der Waals surface area contributed by atoms with E-state index in [1.165, 1.54) is 109 Å². The van der Waals surface area contributed by atoms with Gasteiger partial charge in [-0.15, -0.1) is 0 Å². The van der Waals surface area contributed by atoms with Crippen molar-refractivity contribution in [1.82, 2.24) is 0 Å². The second-order valence-corrected chi connectivity index (χ2v) is 18.5. The molecule has 0 spiro atoms. The van der Waals surface area contributed by atoms with Crippen molar-refractivity contribution < 1.29 is 28.6 Å². The number of unbranched alkanes of at least 4 members (excludes halogenated alkanes) is 25. The predicted octanol–water partition coefficient (Wildman–Crippen LogP) is 18.8. The van der Waals surface area contributed by atoms with E-state index in [0.29, 0.717) is 19.3 Å². The van der Waals surface area contributed by atoms with Gasteiger partial charge in [0.25, 0.3) is 0 Å². The van der Waals surface area contributed by atoms with Gasteiger partial charge in [-0.25, -0.2) is 0 Å². The van der Waals surface area contributed by atoms with Crippen LogP contribution in [0.5, 0.6) is 0 Å². The van der Waals surface area contributed by atoms with E-state index in [4.69, 9.17) is 14.2 Å². The van der Waals surface area contributed by atoms with E-state index in [9.17, 15) is 14.4 Å². The van der Waals surface area contributed by atoms with E-state index < -0.39 is 6.10 Å². The summed E-state index contributed by atoms with van der Waals surface area (Å²) in [4.78, 5) is 37.8. The average Bonchev–Trinajstić information content (AvgIpc) is 3.33. The van der Waals surface area contributed by atoms with Crippen LogP contribution in [0, 0.1) is 0 Å². The fraction of sp³-hybridized carbons (Fsp3) is 0.721. The van der Waals surface area contributed by atoms with E-state index in [-0.39, 0.29) is 31.1 Å². The van der Waals surface area contributed by atoms with Crippen LogP contribution in [0.25, 0.3) is 0 Å². The predicted molar refractivity (Wildman–Crippen MR) is 288 cm³/mol. The molecule has 6 heteroatoms. The second-order valence-electron chi connectivity index (χ2n) is 18.5. The summed E-state index contributed by atoms with van der Waals surface area (Å²) < 4.78 is 16.7. The molecule has 0 saturated carbocycles. The SMILES string of the molecule is CC/C=C\C/C=C\C/C=C\C/C=C\CCCCCCCCCCC(=O)OC(COC(=O)CCCCCCC)COC(=O)CCCCCCCCCC/C=C\C/C=C\C/C=C\CCCCCCC. The number of hydrogen-bond acceptors (Lipinski definition) is 6. The van der Waals surface area contributed by atoms with Gasteiger partial charge in [0.15, 0.2) is 6.10 Å². The Balaban J connectivity index is 4.15. The quantitative estimate of drug-likeness (QED) is 0.0262. The molecule has 0 heterocycles. The fourth-order valence-corrected chi connectivity index (χ4v) is 7.68. The van der Waals surface area contributed by atoms with Gasteiger partial charge in [-0.05, 0) is 96.3 Å².